The highest BCUT2D eigenvalue weighted by Gasteiger charge is 2.38. The van der Waals surface area contributed by atoms with E-state index in [9.17, 15) is 35.2 Å². The highest BCUT2D eigenvalue weighted by Crippen LogP contribution is 2.18. The van der Waals surface area contributed by atoms with Crippen LogP contribution >= 0.6 is 0 Å². The Bertz CT molecular complexity index is 499. The van der Waals surface area contributed by atoms with Crippen LogP contribution in [0.1, 0.15) is 84.0 Å². The maximum atomic E-state index is 11.3. The zero-order chi connectivity index (χ0) is 22.1. The third-order valence-electron chi connectivity index (χ3n) is 5.00. The Kier molecular flexibility index (Phi) is 15.9. The van der Waals surface area contributed by atoms with E-state index in [1.54, 1.807) is 6.08 Å². The molecule has 0 heterocycles. The summed E-state index contributed by atoms with van der Waals surface area (Å²) in [6.07, 6.45) is 8.78. The maximum Gasteiger partial charge on any atom is 0.242 e. The SMILES string of the molecule is CCCCCC(O)C(CC(O)C(C/C=C\CCCCCCC=O)[N+](=O)[O-])[N+](=O)[O-]. The number of nitro groups is 2. The number of unbranched alkanes of at least 4 members (excludes halogenated alkanes) is 7. The molecule has 0 bridgehead atoms. The van der Waals surface area contributed by atoms with Crippen LogP contribution in [-0.2, 0) is 4.79 Å². The van der Waals surface area contributed by atoms with Crippen molar-refractivity contribution in [1.29, 1.82) is 0 Å². The molecule has 2 N–H and O–H groups in total. The van der Waals surface area contributed by atoms with Gasteiger partial charge in [-0.2, -0.15) is 0 Å². The van der Waals surface area contributed by atoms with Gasteiger partial charge in [-0.05, 0) is 25.7 Å². The van der Waals surface area contributed by atoms with E-state index >= 15 is 0 Å². The summed E-state index contributed by atoms with van der Waals surface area (Å²) < 4.78 is 0. The van der Waals surface area contributed by atoms with E-state index < -0.39 is 40.6 Å². The lowest BCUT2D eigenvalue weighted by Gasteiger charge is -2.20. The number of allylic oxidation sites excluding steroid dienone is 1. The Morgan fingerprint density at radius 2 is 1.45 bits per heavy atom. The second-order valence-corrected chi connectivity index (χ2v) is 7.44. The number of hydrogen-bond donors (Lipinski definition) is 2. The van der Waals surface area contributed by atoms with Crippen molar-refractivity contribution >= 4 is 6.29 Å². The molecule has 0 radical (unpaired) electrons. The lowest BCUT2D eigenvalue weighted by molar-refractivity contribution is -0.553. The first-order chi connectivity index (χ1) is 13.8. The summed E-state index contributed by atoms with van der Waals surface area (Å²) in [5, 5.41) is 42.8. The van der Waals surface area contributed by atoms with Crippen molar-refractivity contribution in [3.63, 3.8) is 0 Å². The molecule has 0 rings (SSSR count). The maximum absolute atomic E-state index is 11.3. The summed E-state index contributed by atoms with van der Waals surface area (Å²) in [5.41, 5.74) is 0. The van der Waals surface area contributed by atoms with Crippen molar-refractivity contribution in [3.8, 4) is 0 Å². The monoisotopic (exact) mass is 416 g/mol. The van der Waals surface area contributed by atoms with Gasteiger partial charge in [0.1, 0.15) is 18.5 Å². The van der Waals surface area contributed by atoms with E-state index in [1.165, 1.54) is 0 Å². The number of hydrogen-bond acceptors (Lipinski definition) is 7. The number of nitrogens with zero attached hydrogens (tertiary/aromatic N) is 2. The van der Waals surface area contributed by atoms with Gasteiger partial charge in [0, 0.05) is 22.7 Å². The number of rotatable bonds is 19. The van der Waals surface area contributed by atoms with Crippen molar-refractivity contribution in [1.82, 2.24) is 0 Å². The predicted molar refractivity (Wildman–Crippen MR) is 110 cm³/mol. The zero-order valence-electron chi connectivity index (χ0n) is 17.4. The van der Waals surface area contributed by atoms with Crippen LogP contribution in [0.25, 0.3) is 0 Å². The molecule has 9 nitrogen and oxygen atoms in total. The summed E-state index contributed by atoms with van der Waals surface area (Å²) in [5.74, 6) is 0. The first-order valence-corrected chi connectivity index (χ1v) is 10.6. The molecule has 4 atom stereocenters. The van der Waals surface area contributed by atoms with Crippen molar-refractivity contribution < 1.29 is 24.9 Å². The molecule has 0 aliphatic heterocycles. The molecule has 0 aromatic carbocycles. The lowest BCUT2D eigenvalue weighted by atomic mass is 9.95. The van der Waals surface area contributed by atoms with Gasteiger partial charge in [0.2, 0.25) is 12.1 Å². The number of aliphatic hydroxyl groups excluding tert-OH is 2. The van der Waals surface area contributed by atoms with Gasteiger partial charge < -0.3 is 15.0 Å². The molecule has 0 aliphatic rings. The number of carbonyl (C=O) groups is 1. The molecule has 9 heteroatoms. The number of aldehydes is 1. The molecule has 4 unspecified atom stereocenters. The minimum Gasteiger partial charge on any atom is -0.386 e. The van der Waals surface area contributed by atoms with E-state index in [-0.39, 0.29) is 12.8 Å². The second kappa shape index (κ2) is 17.0. The molecule has 0 saturated heterocycles. The van der Waals surface area contributed by atoms with Crippen LogP contribution in [-0.4, -0.2) is 50.6 Å². The van der Waals surface area contributed by atoms with E-state index in [2.05, 4.69) is 0 Å². The van der Waals surface area contributed by atoms with Gasteiger partial charge in [-0.15, -0.1) is 0 Å². The highest BCUT2D eigenvalue weighted by molar-refractivity contribution is 5.48. The third kappa shape index (κ3) is 13.1. The Hall–Kier alpha value is -1.87. The van der Waals surface area contributed by atoms with Crippen LogP contribution < -0.4 is 0 Å². The van der Waals surface area contributed by atoms with Crippen LogP contribution in [0, 0.1) is 20.2 Å². The Labute approximate surface area is 172 Å². The Morgan fingerprint density at radius 3 is 2.00 bits per heavy atom. The van der Waals surface area contributed by atoms with Gasteiger partial charge in [-0.3, -0.25) is 20.2 Å². The fraction of sp³-hybridized carbons (Fsp3) is 0.850. The van der Waals surface area contributed by atoms with Crippen LogP contribution in [0.15, 0.2) is 12.2 Å². The molecule has 168 valence electrons. The van der Waals surface area contributed by atoms with E-state index in [1.807, 2.05) is 13.0 Å². The van der Waals surface area contributed by atoms with Gasteiger partial charge in [0.25, 0.3) is 0 Å². The van der Waals surface area contributed by atoms with Gasteiger partial charge in [-0.25, -0.2) is 0 Å². The van der Waals surface area contributed by atoms with Gasteiger partial charge >= 0.3 is 0 Å². The van der Waals surface area contributed by atoms with Crippen molar-refractivity contribution in [2.75, 3.05) is 0 Å². The molecule has 0 amide bonds. The van der Waals surface area contributed by atoms with E-state index in [4.69, 9.17) is 0 Å². The fourth-order valence-electron chi connectivity index (χ4n) is 3.16. The summed E-state index contributed by atoms with van der Waals surface area (Å²) >= 11 is 0. The molecule has 0 aromatic heterocycles. The summed E-state index contributed by atoms with van der Waals surface area (Å²) in [4.78, 5) is 31.5. The first-order valence-electron chi connectivity index (χ1n) is 10.6. The molecule has 29 heavy (non-hydrogen) atoms. The zero-order valence-corrected chi connectivity index (χ0v) is 17.4. The van der Waals surface area contributed by atoms with Crippen LogP contribution in [0.2, 0.25) is 0 Å². The van der Waals surface area contributed by atoms with Crippen molar-refractivity contribution in [2.24, 2.45) is 0 Å². The number of aliphatic hydroxyl groups is 2. The molecular formula is C20H36N2O7. The predicted octanol–water partition coefficient (Wildman–Crippen LogP) is 3.46. The summed E-state index contributed by atoms with van der Waals surface area (Å²) in [6.45, 7) is 1.98. The van der Waals surface area contributed by atoms with Gasteiger partial charge in [-0.1, -0.05) is 51.2 Å². The molecule has 0 saturated carbocycles. The standard InChI is InChI=1S/C20H36N2O7/c1-2-3-10-14-19(24)18(22(28)29)16-20(25)17(21(26)27)13-11-8-6-4-5-7-9-12-15-23/h8,11,15,17-20,24-25H,2-7,9-10,12-14,16H2,1H3/b11-8-. The largest absolute Gasteiger partial charge is 0.386 e. The molecule has 0 aromatic rings. The van der Waals surface area contributed by atoms with Crippen LogP contribution in [0.4, 0.5) is 0 Å². The molecule has 0 fully saturated rings. The topological polar surface area (TPSA) is 144 Å². The van der Waals surface area contributed by atoms with Gasteiger partial charge in [0.15, 0.2) is 0 Å². The smallest absolute Gasteiger partial charge is 0.242 e. The number of carbonyl (C=O) groups excluding carboxylic acids is 1. The van der Waals surface area contributed by atoms with Crippen LogP contribution in [0.3, 0.4) is 0 Å². The average Bonchev–Trinajstić information content (AvgIpc) is 2.67. The minimum absolute atomic E-state index is 0.0182. The third-order valence-corrected chi connectivity index (χ3v) is 5.00. The quantitative estimate of drug-likeness (QED) is 0.108. The first kappa shape index (κ1) is 27.1. The average molecular weight is 417 g/mol. The molecule has 0 spiro atoms. The van der Waals surface area contributed by atoms with Gasteiger partial charge in [0.05, 0.1) is 6.42 Å². The van der Waals surface area contributed by atoms with E-state index in [0.29, 0.717) is 12.8 Å². The van der Waals surface area contributed by atoms with Crippen LogP contribution in [0.5, 0.6) is 0 Å². The summed E-state index contributed by atoms with van der Waals surface area (Å²) in [6, 6.07) is -2.76. The molecular weight excluding hydrogens is 380 g/mol. The van der Waals surface area contributed by atoms with Crippen molar-refractivity contribution in [2.45, 2.75) is 108 Å². The minimum atomic E-state index is -1.51. The Morgan fingerprint density at radius 1 is 0.828 bits per heavy atom. The lowest BCUT2D eigenvalue weighted by Crippen LogP contribution is -2.42. The highest BCUT2D eigenvalue weighted by atomic mass is 16.6. The van der Waals surface area contributed by atoms with Crippen molar-refractivity contribution in [3.05, 3.63) is 32.4 Å². The summed E-state index contributed by atoms with van der Waals surface area (Å²) in [7, 11) is 0. The Balaban J connectivity index is 4.52. The fourth-order valence-corrected chi connectivity index (χ4v) is 3.16. The second-order valence-electron chi connectivity index (χ2n) is 7.44. The normalized spacial score (nSPS) is 15.7. The molecule has 0 aliphatic carbocycles. The van der Waals surface area contributed by atoms with E-state index in [0.717, 1.165) is 51.2 Å².